The summed E-state index contributed by atoms with van der Waals surface area (Å²) in [4.78, 5) is 26.4. The monoisotopic (exact) mass is 633 g/mol. The maximum absolute atomic E-state index is 13.3. The number of hydrogen-bond acceptors (Lipinski definition) is 7. The first-order chi connectivity index (χ1) is 22.4. The molecule has 0 unspecified atom stereocenters. The van der Waals surface area contributed by atoms with Crippen molar-refractivity contribution in [3.05, 3.63) is 156 Å². The number of rotatable bonds is 11. The van der Waals surface area contributed by atoms with Crippen molar-refractivity contribution in [3.63, 3.8) is 0 Å². The Labute approximate surface area is 267 Å². The van der Waals surface area contributed by atoms with Crippen LogP contribution in [0.25, 0.3) is 11.1 Å². The first kappa shape index (κ1) is 30.6. The zero-order valence-electron chi connectivity index (χ0n) is 24.7. The summed E-state index contributed by atoms with van der Waals surface area (Å²) in [6.45, 7) is 0.125. The van der Waals surface area contributed by atoms with Crippen molar-refractivity contribution in [2.75, 3.05) is 6.61 Å². The fraction of sp³-hybridized carbons (Fsp3) is 0.135. The molecule has 0 radical (unpaired) electrons. The highest BCUT2D eigenvalue weighted by Gasteiger charge is 2.30. The molecule has 5 aromatic carbocycles. The Kier molecular flexibility index (Phi) is 9.12. The molecule has 8 nitrogen and oxygen atoms in total. The highest BCUT2D eigenvalue weighted by atomic mass is 32.2. The molecule has 0 aliphatic heterocycles. The average molecular weight is 634 g/mol. The number of hydrogen-bond donors (Lipinski definition) is 1. The van der Waals surface area contributed by atoms with Crippen LogP contribution in [-0.2, 0) is 37.4 Å². The second-order valence-electron chi connectivity index (χ2n) is 10.8. The van der Waals surface area contributed by atoms with Gasteiger partial charge in [-0.2, -0.15) is 8.42 Å². The highest BCUT2D eigenvalue weighted by molar-refractivity contribution is 7.87. The molecule has 6 rings (SSSR count). The van der Waals surface area contributed by atoms with Crippen molar-refractivity contribution >= 4 is 22.2 Å². The number of fused-ring (bicyclic) bond motifs is 3. The number of nitrogens with one attached hydrogen (secondary N) is 1. The van der Waals surface area contributed by atoms with E-state index in [1.807, 2.05) is 66.7 Å². The van der Waals surface area contributed by atoms with Crippen LogP contribution in [0.1, 0.15) is 28.2 Å². The van der Waals surface area contributed by atoms with Gasteiger partial charge in [-0.25, -0.2) is 9.59 Å². The maximum Gasteiger partial charge on any atom is 0.407 e. The van der Waals surface area contributed by atoms with Gasteiger partial charge in [-0.15, -0.1) is 0 Å². The van der Waals surface area contributed by atoms with E-state index in [1.54, 1.807) is 30.3 Å². The lowest BCUT2D eigenvalue weighted by atomic mass is 9.98. The molecule has 0 fully saturated rings. The zero-order valence-corrected chi connectivity index (χ0v) is 25.6. The van der Waals surface area contributed by atoms with Crippen LogP contribution in [0.3, 0.4) is 0 Å². The van der Waals surface area contributed by atoms with Crippen LogP contribution in [0.4, 0.5) is 4.79 Å². The molecule has 0 aromatic heterocycles. The predicted molar refractivity (Wildman–Crippen MR) is 173 cm³/mol. The van der Waals surface area contributed by atoms with Crippen LogP contribution in [0.15, 0.2) is 138 Å². The van der Waals surface area contributed by atoms with Crippen molar-refractivity contribution in [2.45, 2.75) is 29.9 Å². The van der Waals surface area contributed by atoms with Gasteiger partial charge >= 0.3 is 22.2 Å². The summed E-state index contributed by atoms with van der Waals surface area (Å²) < 4.78 is 41.7. The van der Waals surface area contributed by atoms with E-state index >= 15 is 0 Å². The molecule has 5 aromatic rings. The second kappa shape index (κ2) is 13.7. The minimum Gasteiger partial charge on any atom is -0.459 e. The normalized spacial score (nSPS) is 12.8. The number of carbonyl (C=O) groups is 2. The number of alkyl carbamates (subject to hydrolysis) is 1. The van der Waals surface area contributed by atoms with Gasteiger partial charge in [0, 0.05) is 12.3 Å². The number of amides is 1. The smallest absolute Gasteiger partial charge is 0.407 e. The van der Waals surface area contributed by atoms with Gasteiger partial charge in [-0.3, -0.25) is 0 Å². The highest BCUT2D eigenvalue weighted by Crippen LogP contribution is 2.44. The fourth-order valence-corrected chi connectivity index (χ4v) is 6.43. The molecular weight excluding hydrogens is 602 g/mol. The van der Waals surface area contributed by atoms with Crippen molar-refractivity contribution in [1.82, 2.24) is 5.32 Å². The number of carbonyl (C=O) groups excluding carboxylic acids is 2. The van der Waals surface area contributed by atoms with Gasteiger partial charge in [0.2, 0.25) is 0 Å². The van der Waals surface area contributed by atoms with Crippen molar-refractivity contribution in [2.24, 2.45) is 0 Å². The molecule has 0 heterocycles. The van der Waals surface area contributed by atoms with Crippen molar-refractivity contribution < 1.29 is 31.7 Å². The Morgan fingerprint density at radius 1 is 0.652 bits per heavy atom. The molecule has 1 aliphatic rings. The number of ether oxygens (including phenoxy) is 2. The van der Waals surface area contributed by atoms with Crippen LogP contribution in [0.5, 0.6) is 5.75 Å². The Morgan fingerprint density at radius 2 is 1.22 bits per heavy atom. The summed E-state index contributed by atoms with van der Waals surface area (Å²) in [5.74, 6) is -0.661. The largest absolute Gasteiger partial charge is 0.459 e. The van der Waals surface area contributed by atoms with Gasteiger partial charge < -0.3 is 19.0 Å². The first-order valence-electron chi connectivity index (χ1n) is 14.8. The van der Waals surface area contributed by atoms with Gasteiger partial charge in [-0.05, 0) is 57.6 Å². The lowest BCUT2D eigenvalue weighted by Crippen LogP contribution is -2.43. The second-order valence-corrected chi connectivity index (χ2v) is 12.4. The first-order valence-corrected chi connectivity index (χ1v) is 16.2. The maximum atomic E-state index is 13.3. The van der Waals surface area contributed by atoms with E-state index in [0.29, 0.717) is 5.56 Å². The third kappa shape index (κ3) is 7.11. The summed E-state index contributed by atoms with van der Waals surface area (Å²) in [6.07, 6.45) is -0.679. The molecule has 0 spiro atoms. The van der Waals surface area contributed by atoms with Gasteiger partial charge in [0.1, 0.15) is 29.9 Å². The summed E-state index contributed by atoms with van der Waals surface area (Å²) in [5, 5.41) is 2.68. The summed E-state index contributed by atoms with van der Waals surface area (Å²) >= 11 is 0. The summed E-state index contributed by atoms with van der Waals surface area (Å²) in [7, 11) is -4.01. The van der Waals surface area contributed by atoms with E-state index < -0.39 is 28.2 Å². The average Bonchev–Trinajstić information content (AvgIpc) is 3.41. The minimum absolute atomic E-state index is 0.0344. The van der Waals surface area contributed by atoms with E-state index in [2.05, 4.69) is 17.4 Å². The Morgan fingerprint density at radius 3 is 1.85 bits per heavy atom. The van der Waals surface area contributed by atoms with E-state index in [4.69, 9.17) is 13.7 Å². The van der Waals surface area contributed by atoms with Crippen LogP contribution in [-0.4, -0.2) is 33.1 Å². The molecule has 1 atom stereocenters. The Hall–Kier alpha value is -5.41. The topological polar surface area (TPSA) is 108 Å². The quantitative estimate of drug-likeness (QED) is 0.128. The van der Waals surface area contributed by atoms with Crippen LogP contribution < -0.4 is 9.50 Å². The van der Waals surface area contributed by atoms with Gasteiger partial charge in [0.25, 0.3) is 0 Å². The minimum atomic E-state index is -4.01. The molecule has 1 amide bonds. The number of esters is 1. The van der Waals surface area contributed by atoms with Gasteiger partial charge in [0.15, 0.2) is 0 Å². The molecular formula is C37H31NO7S. The van der Waals surface area contributed by atoms with Crippen LogP contribution >= 0.6 is 0 Å². The molecule has 9 heteroatoms. The molecule has 1 N–H and O–H groups in total. The molecule has 46 heavy (non-hydrogen) atoms. The van der Waals surface area contributed by atoms with Crippen molar-refractivity contribution in [1.29, 1.82) is 0 Å². The molecule has 1 aliphatic carbocycles. The third-order valence-corrected chi connectivity index (χ3v) is 9.01. The predicted octanol–water partition coefficient (Wildman–Crippen LogP) is 6.65. The SMILES string of the molecule is O=C(N[C@@H](Cc1ccc(OS(=O)(=O)c2ccccc2)cc1)C(=O)OCc1ccccc1)OCC1c2ccccc2-c2ccccc21. The van der Waals surface area contributed by atoms with Crippen LogP contribution in [0, 0.1) is 0 Å². The Bertz CT molecular complexity index is 1880. The molecule has 0 bridgehead atoms. The lowest BCUT2D eigenvalue weighted by Gasteiger charge is -2.19. The third-order valence-electron chi connectivity index (χ3n) is 7.75. The zero-order chi connectivity index (χ0) is 31.9. The van der Waals surface area contributed by atoms with Crippen LogP contribution in [0.2, 0.25) is 0 Å². The lowest BCUT2D eigenvalue weighted by molar-refractivity contribution is -0.147. The Balaban J connectivity index is 1.14. The molecule has 0 saturated carbocycles. The van der Waals surface area contributed by atoms with E-state index in [9.17, 15) is 18.0 Å². The van der Waals surface area contributed by atoms with Crippen molar-refractivity contribution in [3.8, 4) is 16.9 Å². The summed E-state index contributed by atoms with van der Waals surface area (Å²) in [5.41, 5.74) is 5.82. The van der Waals surface area contributed by atoms with E-state index in [1.165, 1.54) is 24.3 Å². The summed E-state index contributed by atoms with van der Waals surface area (Å²) in [6, 6.07) is 38.3. The van der Waals surface area contributed by atoms with E-state index in [-0.39, 0.29) is 36.2 Å². The fourth-order valence-electron chi connectivity index (χ4n) is 5.48. The number of benzene rings is 5. The molecule has 232 valence electrons. The van der Waals surface area contributed by atoms with E-state index in [0.717, 1.165) is 27.8 Å². The van der Waals surface area contributed by atoms with Gasteiger partial charge in [0.05, 0.1) is 0 Å². The standard InChI is InChI=1S/C37H31NO7S/c39-36(43-24-27-11-3-1-4-12-27)35(23-26-19-21-28(22-20-26)45-46(41,42)29-13-5-2-6-14-29)38-37(40)44-25-34-32-17-9-7-15-30(32)31-16-8-10-18-33(31)34/h1-22,34-35H,23-25H2,(H,38,40)/t35-/m0/s1. The van der Waals surface area contributed by atoms with Gasteiger partial charge in [-0.1, -0.05) is 109 Å². The molecule has 0 saturated heterocycles.